The first-order valence-electron chi connectivity index (χ1n) is 11.3. The quantitative estimate of drug-likeness (QED) is 0.345. The lowest BCUT2D eigenvalue weighted by Gasteiger charge is -2.35. The second-order valence-electron chi connectivity index (χ2n) is 8.39. The number of fused-ring (bicyclic) bond motifs is 1. The maximum absolute atomic E-state index is 6.14. The van der Waals surface area contributed by atoms with Crippen molar-refractivity contribution < 1.29 is 9.47 Å². The monoisotopic (exact) mass is 541 g/mol. The first kappa shape index (κ1) is 24.3. The fraction of sp³-hybridized carbons (Fsp3) is 0.652. The van der Waals surface area contributed by atoms with Gasteiger partial charge in [-0.3, -0.25) is 4.99 Å². The van der Waals surface area contributed by atoms with E-state index < -0.39 is 0 Å². The average Bonchev–Trinajstić information content (AvgIpc) is 3.21. The van der Waals surface area contributed by atoms with E-state index in [0.29, 0.717) is 12.2 Å². The highest BCUT2D eigenvalue weighted by Crippen LogP contribution is 2.18. The molecule has 0 aliphatic carbocycles. The van der Waals surface area contributed by atoms with Gasteiger partial charge in [-0.25, -0.2) is 4.98 Å². The zero-order valence-corrected chi connectivity index (χ0v) is 21.1. The molecule has 2 aromatic heterocycles. The van der Waals surface area contributed by atoms with Gasteiger partial charge in [0, 0.05) is 52.1 Å². The number of ether oxygens (including phenoxy) is 2. The van der Waals surface area contributed by atoms with Gasteiger partial charge in [-0.2, -0.15) is 0 Å². The van der Waals surface area contributed by atoms with Gasteiger partial charge in [0.25, 0.3) is 0 Å². The number of guanidine groups is 1. The number of aliphatic imine (C=N–C) groups is 1. The third-order valence-electron chi connectivity index (χ3n) is 6.14. The number of halogens is 1. The Morgan fingerprint density at radius 1 is 1.29 bits per heavy atom. The fourth-order valence-electron chi connectivity index (χ4n) is 4.38. The van der Waals surface area contributed by atoms with E-state index in [9.17, 15) is 0 Å². The average molecular weight is 541 g/mol. The van der Waals surface area contributed by atoms with E-state index in [1.54, 1.807) is 0 Å². The van der Waals surface area contributed by atoms with E-state index in [1.165, 1.54) is 18.4 Å². The molecule has 1 atom stereocenters. The molecule has 0 radical (unpaired) electrons. The van der Waals surface area contributed by atoms with Crippen molar-refractivity contribution in [2.24, 2.45) is 4.99 Å². The minimum absolute atomic E-state index is 0. The Balaban J connectivity index is 0.00000272. The molecule has 0 saturated carbocycles. The molecule has 31 heavy (non-hydrogen) atoms. The molecular formula is C23H36IN5O2. The van der Waals surface area contributed by atoms with Crippen LogP contribution in [-0.2, 0) is 15.9 Å². The van der Waals surface area contributed by atoms with Crippen molar-refractivity contribution in [1.29, 1.82) is 0 Å². The number of nitrogens with one attached hydrogen (secondary N) is 1. The number of pyridine rings is 1. The second kappa shape index (κ2) is 12.0. The van der Waals surface area contributed by atoms with Crippen LogP contribution in [0.15, 0.2) is 29.5 Å². The molecule has 2 fully saturated rings. The van der Waals surface area contributed by atoms with Crippen LogP contribution in [0.3, 0.4) is 0 Å². The molecule has 0 aromatic carbocycles. The molecule has 0 amide bonds. The number of rotatable bonds is 6. The van der Waals surface area contributed by atoms with Gasteiger partial charge in [0.2, 0.25) is 0 Å². The van der Waals surface area contributed by atoms with Crippen molar-refractivity contribution in [2.75, 3.05) is 39.9 Å². The van der Waals surface area contributed by atoms with Gasteiger partial charge in [0.15, 0.2) is 5.96 Å². The van der Waals surface area contributed by atoms with Crippen molar-refractivity contribution in [2.45, 2.75) is 57.7 Å². The Hall–Kier alpha value is -1.39. The summed E-state index contributed by atoms with van der Waals surface area (Å²) in [6, 6.07) is 4.16. The lowest BCUT2D eigenvalue weighted by atomic mass is 10.1. The van der Waals surface area contributed by atoms with Crippen LogP contribution in [-0.4, -0.2) is 72.3 Å². The first-order valence-corrected chi connectivity index (χ1v) is 11.3. The molecule has 2 aliphatic heterocycles. The topological polar surface area (TPSA) is 63.4 Å². The van der Waals surface area contributed by atoms with Crippen LogP contribution < -0.4 is 5.32 Å². The van der Waals surface area contributed by atoms with Crippen molar-refractivity contribution in [1.82, 2.24) is 19.6 Å². The number of imidazole rings is 1. The number of piperidine rings is 1. The van der Waals surface area contributed by atoms with Crippen LogP contribution in [0.5, 0.6) is 0 Å². The summed E-state index contributed by atoms with van der Waals surface area (Å²) in [4.78, 5) is 11.6. The third kappa shape index (κ3) is 6.55. The Bertz CT molecular complexity index is 842. The lowest BCUT2D eigenvalue weighted by molar-refractivity contribution is -0.0721. The van der Waals surface area contributed by atoms with Crippen molar-refractivity contribution in [3.05, 3.63) is 35.8 Å². The highest BCUT2D eigenvalue weighted by atomic mass is 127. The highest BCUT2D eigenvalue weighted by Gasteiger charge is 2.23. The molecule has 2 aromatic rings. The Kier molecular flexibility index (Phi) is 9.40. The number of hydrogen-bond acceptors (Lipinski definition) is 4. The van der Waals surface area contributed by atoms with E-state index in [2.05, 4.69) is 51.1 Å². The number of likely N-dealkylation sites (tertiary alicyclic amines) is 1. The van der Waals surface area contributed by atoms with Crippen molar-refractivity contribution in [3.63, 3.8) is 0 Å². The number of aryl methyl sites for hydroxylation is 1. The molecular weight excluding hydrogens is 505 g/mol. The third-order valence-corrected chi connectivity index (χ3v) is 6.14. The SMILES string of the molecule is CN=C(NCCc1cn2cccc(C)c2n1)N1CCC(OCC2CCCCO2)CC1.I. The summed E-state index contributed by atoms with van der Waals surface area (Å²) in [6.07, 6.45) is 11.4. The summed E-state index contributed by atoms with van der Waals surface area (Å²) in [5.74, 6) is 0.976. The molecule has 7 nitrogen and oxygen atoms in total. The van der Waals surface area contributed by atoms with Crippen LogP contribution in [0, 0.1) is 6.92 Å². The molecule has 0 bridgehead atoms. The maximum atomic E-state index is 6.14. The van der Waals surface area contributed by atoms with Gasteiger partial charge >= 0.3 is 0 Å². The van der Waals surface area contributed by atoms with Crippen molar-refractivity contribution in [3.8, 4) is 0 Å². The van der Waals surface area contributed by atoms with Gasteiger partial charge in [-0.15, -0.1) is 24.0 Å². The summed E-state index contributed by atoms with van der Waals surface area (Å²) < 4.78 is 14.0. The molecule has 2 aliphatic rings. The van der Waals surface area contributed by atoms with E-state index in [1.807, 2.05) is 7.05 Å². The van der Waals surface area contributed by atoms with E-state index in [4.69, 9.17) is 14.5 Å². The van der Waals surface area contributed by atoms with E-state index in [-0.39, 0.29) is 24.0 Å². The normalized spacial score (nSPS) is 20.6. The smallest absolute Gasteiger partial charge is 0.193 e. The minimum atomic E-state index is 0. The fourth-order valence-corrected chi connectivity index (χ4v) is 4.38. The number of aromatic nitrogens is 2. The van der Waals surface area contributed by atoms with Crippen molar-refractivity contribution >= 4 is 35.6 Å². The van der Waals surface area contributed by atoms with Crippen LogP contribution in [0.1, 0.15) is 43.4 Å². The van der Waals surface area contributed by atoms with Gasteiger partial charge in [-0.05, 0) is 50.7 Å². The summed E-state index contributed by atoms with van der Waals surface area (Å²) in [7, 11) is 1.86. The molecule has 8 heteroatoms. The summed E-state index contributed by atoms with van der Waals surface area (Å²) >= 11 is 0. The van der Waals surface area contributed by atoms with Crippen LogP contribution in [0.25, 0.3) is 5.65 Å². The Morgan fingerprint density at radius 2 is 2.13 bits per heavy atom. The molecule has 1 unspecified atom stereocenters. The zero-order chi connectivity index (χ0) is 20.8. The summed E-state index contributed by atoms with van der Waals surface area (Å²) in [6.45, 7) is 6.51. The second-order valence-corrected chi connectivity index (χ2v) is 8.39. The largest absolute Gasteiger partial charge is 0.376 e. The molecule has 4 heterocycles. The predicted octanol–water partition coefficient (Wildman–Crippen LogP) is 3.43. The number of hydrogen-bond donors (Lipinski definition) is 1. The number of nitrogens with zero attached hydrogens (tertiary/aromatic N) is 4. The summed E-state index contributed by atoms with van der Waals surface area (Å²) in [5.41, 5.74) is 3.34. The van der Waals surface area contributed by atoms with E-state index >= 15 is 0 Å². The molecule has 0 spiro atoms. The van der Waals surface area contributed by atoms with Crippen LogP contribution >= 0.6 is 24.0 Å². The van der Waals surface area contributed by atoms with Crippen LogP contribution in [0.2, 0.25) is 0 Å². The van der Waals surface area contributed by atoms with E-state index in [0.717, 1.165) is 75.8 Å². The predicted molar refractivity (Wildman–Crippen MR) is 135 cm³/mol. The van der Waals surface area contributed by atoms with Crippen LogP contribution in [0.4, 0.5) is 0 Å². The molecule has 2 saturated heterocycles. The zero-order valence-electron chi connectivity index (χ0n) is 18.8. The van der Waals surface area contributed by atoms with Gasteiger partial charge in [-0.1, -0.05) is 6.07 Å². The van der Waals surface area contributed by atoms with Gasteiger partial charge < -0.3 is 24.1 Å². The molecule has 4 rings (SSSR count). The lowest BCUT2D eigenvalue weighted by Crippen LogP contribution is -2.47. The maximum Gasteiger partial charge on any atom is 0.193 e. The Morgan fingerprint density at radius 3 is 2.84 bits per heavy atom. The summed E-state index contributed by atoms with van der Waals surface area (Å²) in [5, 5.41) is 3.51. The first-order chi connectivity index (χ1) is 14.7. The molecule has 172 valence electrons. The molecule has 1 N–H and O–H groups in total. The highest BCUT2D eigenvalue weighted by molar-refractivity contribution is 14.0. The Labute approximate surface area is 202 Å². The minimum Gasteiger partial charge on any atom is -0.376 e. The van der Waals surface area contributed by atoms with Gasteiger partial charge in [0.05, 0.1) is 24.5 Å². The van der Waals surface area contributed by atoms with Gasteiger partial charge in [0.1, 0.15) is 5.65 Å². The standard InChI is InChI=1S/C23H35N5O2.HI/c1-18-6-5-12-28-16-19(26-22(18)28)8-11-25-23(24-2)27-13-9-20(10-14-27)30-17-21-7-3-4-15-29-21;/h5-6,12,16,20-21H,3-4,7-11,13-15,17H2,1-2H3,(H,24,25);1H.